The van der Waals surface area contributed by atoms with E-state index in [1.807, 2.05) is 56.3 Å². The summed E-state index contributed by atoms with van der Waals surface area (Å²) in [5.41, 5.74) is 1.13. The first-order valence-corrected chi connectivity index (χ1v) is 7.23. The first-order chi connectivity index (χ1) is 9.70. The molecule has 0 fully saturated rings. The van der Waals surface area contributed by atoms with Crippen LogP contribution in [0, 0.1) is 0 Å². The summed E-state index contributed by atoms with van der Waals surface area (Å²) in [4.78, 5) is 4.35. The predicted octanol–water partition coefficient (Wildman–Crippen LogP) is 4.26. The Morgan fingerprint density at radius 2 is 1.90 bits per heavy atom. The molecule has 0 bridgehead atoms. The van der Waals surface area contributed by atoms with Crippen molar-refractivity contribution in [2.24, 2.45) is 0 Å². The van der Waals surface area contributed by atoms with Crippen LogP contribution < -0.4 is 10.1 Å². The number of nitrogens with one attached hydrogen (secondary N) is 1. The molecule has 0 saturated heterocycles. The van der Waals surface area contributed by atoms with Gasteiger partial charge in [0.15, 0.2) is 11.6 Å². The molecule has 1 heterocycles. The van der Waals surface area contributed by atoms with Crippen molar-refractivity contribution in [1.29, 1.82) is 0 Å². The van der Waals surface area contributed by atoms with Gasteiger partial charge in [-0.2, -0.15) is 0 Å². The van der Waals surface area contributed by atoms with Gasteiger partial charge < -0.3 is 10.1 Å². The van der Waals surface area contributed by atoms with Crippen molar-refractivity contribution >= 4 is 17.4 Å². The van der Waals surface area contributed by atoms with Crippen LogP contribution in [-0.2, 0) is 0 Å². The highest BCUT2D eigenvalue weighted by atomic mass is 35.5. The van der Waals surface area contributed by atoms with Crippen LogP contribution in [0.4, 0.5) is 5.82 Å². The molecule has 2 aromatic rings. The number of pyridine rings is 1. The lowest BCUT2D eigenvalue weighted by molar-refractivity contribution is 0.242. The van der Waals surface area contributed by atoms with Gasteiger partial charge in [0.2, 0.25) is 0 Å². The van der Waals surface area contributed by atoms with E-state index in [1.54, 1.807) is 6.20 Å². The number of ether oxygens (including phenoxy) is 1. The van der Waals surface area contributed by atoms with Gasteiger partial charge in [-0.1, -0.05) is 30.3 Å². The number of alkyl halides is 1. The Morgan fingerprint density at radius 3 is 2.55 bits per heavy atom. The average Bonchev–Trinajstić information content (AvgIpc) is 2.46. The summed E-state index contributed by atoms with van der Waals surface area (Å²) >= 11 is 6.08. The number of rotatable bonds is 6. The van der Waals surface area contributed by atoms with Gasteiger partial charge in [0, 0.05) is 12.1 Å². The zero-order valence-electron chi connectivity index (χ0n) is 11.7. The van der Waals surface area contributed by atoms with E-state index in [4.69, 9.17) is 16.3 Å². The van der Waals surface area contributed by atoms with Crippen LogP contribution >= 0.6 is 11.6 Å². The quantitative estimate of drug-likeness (QED) is 0.807. The zero-order chi connectivity index (χ0) is 14.4. The third kappa shape index (κ3) is 3.87. The van der Waals surface area contributed by atoms with Gasteiger partial charge in [-0.05, 0) is 31.5 Å². The maximum absolute atomic E-state index is 6.08. The van der Waals surface area contributed by atoms with Gasteiger partial charge in [-0.3, -0.25) is 0 Å². The third-order valence-corrected chi connectivity index (χ3v) is 3.11. The topological polar surface area (TPSA) is 34.1 Å². The molecule has 1 atom stereocenters. The molecule has 0 saturated carbocycles. The molecule has 0 amide bonds. The normalized spacial score (nSPS) is 12.2. The molecule has 4 heteroatoms. The summed E-state index contributed by atoms with van der Waals surface area (Å²) in [6.07, 6.45) is 1.84. The number of benzene rings is 1. The van der Waals surface area contributed by atoms with Crippen molar-refractivity contribution in [2.45, 2.75) is 26.0 Å². The van der Waals surface area contributed by atoms with E-state index in [9.17, 15) is 0 Å². The molecule has 20 heavy (non-hydrogen) atoms. The minimum absolute atomic E-state index is 0.00211. The van der Waals surface area contributed by atoms with Crippen LogP contribution in [0.25, 0.3) is 0 Å². The summed E-state index contributed by atoms with van der Waals surface area (Å²) in [6, 6.07) is 13.9. The largest absolute Gasteiger partial charge is 0.487 e. The lowest BCUT2D eigenvalue weighted by atomic mass is 10.1. The van der Waals surface area contributed by atoms with E-state index < -0.39 is 0 Å². The Hall–Kier alpha value is -1.74. The van der Waals surface area contributed by atoms with E-state index in [0.717, 1.165) is 17.1 Å². The highest BCUT2D eigenvalue weighted by molar-refractivity contribution is 6.18. The van der Waals surface area contributed by atoms with Gasteiger partial charge in [-0.15, -0.1) is 11.6 Å². The fraction of sp³-hybridized carbons (Fsp3) is 0.312. The first-order valence-electron chi connectivity index (χ1n) is 6.70. The highest BCUT2D eigenvalue weighted by Gasteiger charge is 2.14. The molecular formula is C16H19ClN2O. The smallest absolute Gasteiger partial charge is 0.169 e. The maximum atomic E-state index is 6.08. The Bertz CT molecular complexity index is 531. The Morgan fingerprint density at radius 1 is 1.15 bits per heavy atom. The van der Waals surface area contributed by atoms with Crippen LogP contribution in [0.1, 0.15) is 25.5 Å². The monoisotopic (exact) mass is 290 g/mol. The lowest BCUT2D eigenvalue weighted by Gasteiger charge is -2.20. The Labute approximate surface area is 124 Å². The highest BCUT2D eigenvalue weighted by Crippen LogP contribution is 2.27. The van der Waals surface area contributed by atoms with Crippen LogP contribution in [0.2, 0.25) is 0 Å². The fourth-order valence-electron chi connectivity index (χ4n) is 1.91. The second-order valence-electron chi connectivity index (χ2n) is 4.78. The van der Waals surface area contributed by atoms with Crippen LogP contribution in [-0.4, -0.2) is 17.0 Å². The number of hydrogen-bond acceptors (Lipinski definition) is 3. The summed E-state index contributed by atoms with van der Waals surface area (Å²) < 4.78 is 5.76. The lowest BCUT2D eigenvalue weighted by Crippen LogP contribution is -2.15. The van der Waals surface area contributed by atoms with E-state index in [1.165, 1.54) is 0 Å². The van der Waals surface area contributed by atoms with Gasteiger partial charge in [0.05, 0.1) is 12.1 Å². The van der Waals surface area contributed by atoms with Gasteiger partial charge >= 0.3 is 0 Å². The van der Waals surface area contributed by atoms with Crippen molar-refractivity contribution in [3.05, 3.63) is 54.2 Å². The Balaban J connectivity index is 2.20. The molecular weight excluding hydrogens is 272 g/mol. The van der Waals surface area contributed by atoms with Crippen molar-refractivity contribution in [1.82, 2.24) is 4.98 Å². The van der Waals surface area contributed by atoms with Crippen molar-refractivity contribution in [3.63, 3.8) is 0 Å². The standard InChI is InChI=1S/C16H19ClN2O/c1-12(2)20-15-9-6-10-18-16(15)19-14(11-17)13-7-4-3-5-8-13/h3-10,12,14H,11H2,1-2H3,(H,18,19). The number of aromatic nitrogens is 1. The second-order valence-corrected chi connectivity index (χ2v) is 5.09. The number of nitrogens with zero attached hydrogens (tertiary/aromatic N) is 1. The van der Waals surface area contributed by atoms with Gasteiger partial charge in [-0.25, -0.2) is 4.98 Å². The van der Waals surface area contributed by atoms with E-state index in [2.05, 4.69) is 10.3 Å². The number of halogens is 1. The molecule has 1 aromatic carbocycles. The SMILES string of the molecule is CC(C)Oc1cccnc1NC(CCl)c1ccccc1. The van der Waals surface area contributed by atoms with E-state index in [0.29, 0.717) is 5.88 Å². The van der Waals surface area contributed by atoms with Crippen molar-refractivity contribution in [2.75, 3.05) is 11.2 Å². The minimum atomic E-state index is 0.00211. The van der Waals surface area contributed by atoms with Crippen molar-refractivity contribution in [3.8, 4) is 5.75 Å². The summed E-state index contributed by atoms with van der Waals surface area (Å²) in [7, 11) is 0. The molecule has 1 N–H and O–H groups in total. The number of hydrogen-bond donors (Lipinski definition) is 1. The van der Waals surface area contributed by atoms with Crippen LogP contribution in [0.3, 0.4) is 0 Å². The molecule has 3 nitrogen and oxygen atoms in total. The molecule has 0 aliphatic heterocycles. The maximum Gasteiger partial charge on any atom is 0.169 e. The first kappa shape index (κ1) is 14.7. The molecule has 0 spiro atoms. The molecule has 0 aliphatic rings. The van der Waals surface area contributed by atoms with Crippen molar-refractivity contribution < 1.29 is 4.74 Å². The van der Waals surface area contributed by atoms with Crippen LogP contribution in [0.5, 0.6) is 5.75 Å². The number of anilines is 1. The molecule has 0 aliphatic carbocycles. The fourth-order valence-corrected chi connectivity index (χ4v) is 2.16. The van der Waals surface area contributed by atoms with Gasteiger partial charge in [0.25, 0.3) is 0 Å². The van der Waals surface area contributed by atoms with E-state index in [-0.39, 0.29) is 12.1 Å². The zero-order valence-corrected chi connectivity index (χ0v) is 12.5. The summed E-state index contributed by atoms with van der Waals surface area (Å²) in [5, 5.41) is 3.35. The molecule has 1 aromatic heterocycles. The summed E-state index contributed by atoms with van der Waals surface area (Å²) in [5.74, 6) is 1.92. The summed E-state index contributed by atoms with van der Waals surface area (Å²) in [6.45, 7) is 3.99. The molecule has 0 radical (unpaired) electrons. The average molecular weight is 291 g/mol. The second kappa shape index (κ2) is 7.15. The molecule has 2 rings (SSSR count). The Kier molecular flexibility index (Phi) is 5.24. The predicted molar refractivity (Wildman–Crippen MR) is 83.5 cm³/mol. The molecule has 106 valence electrons. The van der Waals surface area contributed by atoms with Gasteiger partial charge in [0.1, 0.15) is 0 Å². The van der Waals surface area contributed by atoms with Crippen LogP contribution in [0.15, 0.2) is 48.7 Å². The third-order valence-electron chi connectivity index (χ3n) is 2.80. The van der Waals surface area contributed by atoms with E-state index >= 15 is 0 Å². The minimum Gasteiger partial charge on any atom is -0.487 e. The molecule has 1 unspecified atom stereocenters.